The normalized spacial score (nSPS) is 12.7. The lowest BCUT2D eigenvalue weighted by atomic mass is 10.0. The molecule has 0 atom stereocenters. The van der Waals surface area contributed by atoms with Crippen molar-refractivity contribution in [1.82, 2.24) is 4.72 Å². The van der Waals surface area contributed by atoms with Crippen LogP contribution in [0, 0.1) is 6.92 Å². The molecule has 2 N–H and O–H groups in total. The van der Waals surface area contributed by atoms with Crippen molar-refractivity contribution in [2.24, 2.45) is 0 Å². The number of benzene rings is 1. The molecule has 6 heteroatoms. The predicted molar refractivity (Wildman–Crippen MR) is 72.3 cm³/mol. The van der Waals surface area contributed by atoms with Crippen LogP contribution in [-0.4, -0.2) is 25.7 Å². The van der Waals surface area contributed by atoms with Crippen molar-refractivity contribution in [3.63, 3.8) is 0 Å². The van der Waals surface area contributed by atoms with E-state index in [0.29, 0.717) is 17.0 Å². The van der Waals surface area contributed by atoms with Crippen LogP contribution >= 0.6 is 11.6 Å². The molecule has 0 aliphatic rings. The van der Waals surface area contributed by atoms with Gasteiger partial charge in [0.05, 0.1) is 4.90 Å². The average molecular weight is 292 g/mol. The summed E-state index contributed by atoms with van der Waals surface area (Å²) in [6.45, 7) is 5.08. The molecule has 4 nitrogen and oxygen atoms in total. The first-order chi connectivity index (χ1) is 8.18. The van der Waals surface area contributed by atoms with E-state index in [1.54, 1.807) is 32.9 Å². The highest BCUT2D eigenvalue weighted by Crippen LogP contribution is 2.21. The van der Waals surface area contributed by atoms with Gasteiger partial charge in [-0.2, -0.15) is 0 Å². The lowest BCUT2D eigenvalue weighted by molar-refractivity contribution is 0.245. The van der Waals surface area contributed by atoms with Crippen molar-refractivity contribution in [2.45, 2.75) is 37.6 Å². The Hall–Kier alpha value is -0.620. The number of hydrogen-bond donors (Lipinski definition) is 2. The lowest BCUT2D eigenvalue weighted by Gasteiger charge is -2.25. The topological polar surface area (TPSA) is 66.4 Å². The van der Waals surface area contributed by atoms with Gasteiger partial charge in [-0.1, -0.05) is 11.6 Å². The van der Waals surface area contributed by atoms with Crippen molar-refractivity contribution in [3.8, 4) is 0 Å². The first-order valence-corrected chi connectivity index (χ1v) is 7.45. The average Bonchev–Trinajstić information content (AvgIpc) is 2.14. The molecule has 0 aliphatic heterocycles. The number of aliphatic hydroxyl groups is 1. The molecule has 0 saturated carbocycles. The van der Waals surface area contributed by atoms with Crippen LogP contribution in [0.25, 0.3) is 0 Å². The molecule has 0 aliphatic carbocycles. The third-order valence-corrected chi connectivity index (χ3v) is 4.67. The minimum Gasteiger partial charge on any atom is -0.396 e. The molecule has 0 fully saturated rings. The molecule has 0 radical (unpaired) electrons. The number of nitrogens with one attached hydrogen (secondary N) is 1. The van der Waals surface area contributed by atoms with E-state index in [1.165, 1.54) is 6.07 Å². The third-order valence-electron chi connectivity index (χ3n) is 2.57. The SMILES string of the molecule is Cc1cc(Cl)ccc1S(=O)(=O)NC(C)(C)CCO. The van der Waals surface area contributed by atoms with Gasteiger partial charge >= 0.3 is 0 Å². The fourth-order valence-corrected chi connectivity index (χ4v) is 3.56. The van der Waals surface area contributed by atoms with Crippen molar-refractivity contribution in [3.05, 3.63) is 28.8 Å². The maximum absolute atomic E-state index is 12.2. The van der Waals surface area contributed by atoms with E-state index in [-0.39, 0.29) is 11.5 Å². The molecule has 0 amide bonds. The third kappa shape index (κ3) is 3.95. The zero-order valence-corrected chi connectivity index (χ0v) is 12.3. The zero-order valence-electron chi connectivity index (χ0n) is 10.7. The Labute approximate surface area is 113 Å². The molecule has 0 saturated heterocycles. The summed E-state index contributed by atoms with van der Waals surface area (Å²) in [6, 6.07) is 4.63. The summed E-state index contributed by atoms with van der Waals surface area (Å²) in [5.74, 6) is 0. The van der Waals surface area contributed by atoms with Crippen LogP contribution in [0.15, 0.2) is 23.1 Å². The molecule has 0 unspecified atom stereocenters. The van der Waals surface area contributed by atoms with E-state index in [1.807, 2.05) is 0 Å². The van der Waals surface area contributed by atoms with Gasteiger partial charge in [0, 0.05) is 17.2 Å². The fourth-order valence-electron chi connectivity index (χ4n) is 1.66. The standard InChI is InChI=1S/C12H18ClNO3S/c1-9-8-10(13)4-5-11(9)18(16,17)14-12(2,3)6-7-15/h4-5,8,14-15H,6-7H2,1-3H3. The molecular weight excluding hydrogens is 274 g/mol. The van der Waals surface area contributed by atoms with E-state index in [4.69, 9.17) is 16.7 Å². The van der Waals surface area contributed by atoms with Gasteiger partial charge in [-0.25, -0.2) is 13.1 Å². The van der Waals surface area contributed by atoms with E-state index in [2.05, 4.69) is 4.72 Å². The second-order valence-electron chi connectivity index (χ2n) is 4.87. The van der Waals surface area contributed by atoms with E-state index >= 15 is 0 Å². The van der Waals surface area contributed by atoms with Crippen LogP contribution < -0.4 is 4.72 Å². The van der Waals surface area contributed by atoms with Gasteiger partial charge in [-0.3, -0.25) is 0 Å². The van der Waals surface area contributed by atoms with Crippen LogP contribution in [0.5, 0.6) is 0 Å². The Bertz CT molecular complexity index is 526. The van der Waals surface area contributed by atoms with Crippen molar-refractivity contribution in [1.29, 1.82) is 0 Å². The number of sulfonamides is 1. The minimum absolute atomic E-state index is 0.0743. The number of aliphatic hydroxyl groups excluding tert-OH is 1. The fraction of sp³-hybridized carbons (Fsp3) is 0.500. The van der Waals surface area contributed by atoms with Gasteiger partial charge < -0.3 is 5.11 Å². The smallest absolute Gasteiger partial charge is 0.241 e. The zero-order chi connectivity index (χ0) is 14.0. The summed E-state index contributed by atoms with van der Waals surface area (Å²) in [6.07, 6.45) is 0.346. The van der Waals surface area contributed by atoms with Crippen molar-refractivity contribution < 1.29 is 13.5 Å². The number of rotatable bonds is 5. The molecule has 1 aromatic carbocycles. The van der Waals surface area contributed by atoms with Crippen LogP contribution in [0.3, 0.4) is 0 Å². The molecule has 0 aromatic heterocycles. The van der Waals surface area contributed by atoms with Gasteiger partial charge in [0.1, 0.15) is 0 Å². The summed E-state index contributed by atoms with van der Waals surface area (Å²) in [7, 11) is -3.61. The second-order valence-corrected chi connectivity index (χ2v) is 6.96. The van der Waals surface area contributed by atoms with Gasteiger partial charge in [0.25, 0.3) is 0 Å². The van der Waals surface area contributed by atoms with Gasteiger partial charge in [0.15, 0.2) is 0 Å². The van der Waals surface area contributed by atoms with Crippen LogP contribution in [0.4, 0.5) is 0 Å². The Morgan fingerprint density at radius 3 is 2.50 bits per heavy atom. The highest BCUT2D eigenvalue weighted by molar-refractivity contribution is 7.89. The molecule has 1 aromatic rings. The highest BCUT2D eigenvalue weighted by atomic mass is 35.5. The molecular formula is C12H18ClNO3S. The Balaban J connectivity index is 3.07. The molecule has 18 heavy (non-hydrogen) atoms. The quantitative estimate of drug-likeness (QED) is 0.873. The van der Waals surface area contributed by atoms with Crippen molar-refractivity contribution in [2.75, 3.05) is 6.61 Å². The summed E-state index contributed by atoms with van der Waals surface area (Å²) >= 11 is 5.80. The van der Waals surface area contributed by atoms with Crippen LogP contribution in [-0.2, 0) is 10.0 Å². The molecule has 1 rings (SSSR count). The predicted octanol–water partition coefficient (Wildman–Crippen LogP) is 2.09. The van der Waals surface area contributed by atoms with Crippen LogP contribution in [0.2, 0.25) is 5.02 Å². The van der Waals surface area contributed by atoms with E-state index in [0.717, 1.165) is 0 Å². The molecule has 0 bridgehead atoms. The maximum atomic E-state index is 12.2. The van der Waals surface area contributed by atoms with Gasteiger partial charge in [-0.05, 0) is 51.0 Å². The van der Waals surface area contributed by atoms with Gasteiger partial charge in [-0.15, -0.1) is 0 Å². The first kappa shape index (κ1) is 15.4. The summed E-state index contributed by atoms with van der Waals surface area (Å²) < 4.78 is 27.0. The maximum Gasteiger partial charge on any atom is 0.241 e. The Kier molecular flexibility index (Phi) is 4.78. The molecule has 102 valence electrons. The number of hydrogen-bond acceptors (Lipinski definition) is 3. The van der Waals surface area contributed by atoms with E-state index < -0.39 is 15.6 Å². The van der Waals surface area contributed by atoms with Gasteiger partial charge in [0.2, 0.25) is 10.0 Å². The summed E-state index contributed by atoms with van der Waals surface area (Å²) in [5.41, 5.74) is -0.102. The minimum atomic E-state index is -3.61. The second kappa shape index (κ2) is 5.57. The summed E-state index contributed by atoms with van der Waals surface area (Å²) in [4.78, 5) is 0.206. The lowest BCUT2D eigenvalue weighted by Crippen LogP contribution is -2.44. The Morgan fingerprint density at radius 2 is 2.00 bits per heavy atom. The van der Waals surface area contributed by atoms with Crippen LogP contribution in [0.1, 0.15) is 25.8 Å². The number of aryl methyl sites for hydroxylation is 1. The Morgan fingerprint density at radius 1 is 1.39 bits per heavy atom. The number of halogens is 1. The largest absolute Gasteiger partial charge is 0.396 e. The molecule has 0 spiro atoms. The highest BCUT2D eigenvalue weighted by Gasteiger charge is 2.26. The van der Waals surface area contributed by atoms with E-state index in [9.17, 15) is 8.42 Å². The summed E-state index contributed by atoms with van der Waals surface area (Å²) in [5, 5.41) is 9.41. The first-order valence-electron chi connectivity index (χ1n) is 5.59. The monoisotopic (exact) mass is 291 g/mol. The molecule has 0 heterocycles. The van der Waals surface area contributed by atoms with Crippen molar-refractivity contribution >= 4 is 21.6 Å².